The number of carboxylic acids is 1. The first-order valence-electron chi connectivity index (χ1n) is 5.77. The molecule has 7 heteroatoms. The minimum atomic E-state index is -0.871. The molecule has 0 saturated carbocycles. The van der Waals surface area contributed by atoms with Gasteiger partial charge in [0, 0.05) is 13.6 Å². The van der Waals surface area contributed by atoms with Crippen LogP contribution in [0.4, 0.5) is 0 Å². The maximum atomic E-state index is 10.2. The summed E-state index contributed by atoms with van der Waals surface area (Å²) in [7, 11) is 1.68. The molecule has 1 amide bonds. The second-order valence-corrected chi connectivity index (χ2v) is 3.57. The minimum Gasteiger partial charge on any atom is -0.481 e. The summed E-state index contributed by atoms with van der Waals surface area (Å²) in [5.41, 5.74) is 0. The highest BCUT2D eigenvalue weighted by atomic mass is 16.5. The van der Waals surface area contributed by atoms with Crippen LogP contribution in [0, 0.1) is 0 Å². The average Bonchev–Trinajstić information content (AvgIpc) is 2.35. The van der Waals surface area contributed by atoms with Crippen molar-refractivity contribution in [1.29, 1.82) is 0 Å². The van der Waals surface area contributed by atoms with E-state index in [4.69, 9.17) is 19.3 Å². The van der Waals surface area contributed by atoms with Crippen LogP contribution in [0.15, 0.2) is 0 Å². The molecule has 18 heavy (non-hydrogen) atoms. The van der Waals surface area contributed by atoms with Gasteiger partial charge in [-0.25, -0.2) is 0 Å². The lowest BCUT2D eigenvalue weighted by molar-refractivity contribution is -0.138. The molecule has 0 saturated heterocycles. The van der Waals surface area contributed by atoms with Gasteiger partial charge in [-0.3, -0.25) is 9.59 Å². The molecule has 0 atom stereocenters. The van der Waals surface area contributed by atoms with Crippen molar-refractivity contribution < 1.29 is 28.9 Å². The Bertz CT molecular complexity index is 224. The summed E-state index contributed by atoms with van der Waals surface area (Å²) in [4.78, 5) is 21.9. The number of rotatable bonds is 13. The van der Waals surface area contributed by atoms with E-state index in [-0.39, 0.29) is 13.0 Å². The summed E-state index contributed by atoms with van der Waals surface area (Å²) in [5.74, 6) is -0.871. The Hall–Kier alpha value is -1.18. The van der Waals surface area contributed by atoms with Gasteiger partial charge in [0.15, 0.2) is 0 Å². The fourth-order valence-corrected chi connectivity index (χ4v) is 0.963. The molecular weight excluding hydrogens is 242 g/mol. The van der Waals surface area contributed by atoms with Gasteiger partial charge in [0.2, 0.25) is 6.41 Å². The van der Waals surface area contributed by atoms with Crippen molar-refractivity contribution in [3.8, 4) is 0 Å². The highest BCUT2D eigenvalue weighted by Crippen LogP contribution is 1.85. The van der Waals surface area contributed by atoms with E-state index in [1.54, 1.807) is 7.05 Å². The van der Waals surface area contributed by atoms with E-state index in [2.05, 4.69) is 0 Å². The summed E-state index contributed by atoms with van der Waals surface area (Å²) in [6.45, 7) is 2.94. The molecule has 0 aliphatic heterocycles. The largest absolute Gasteiger partial charge is 0.481 e. The highest BCUT2D eigenvalue weighted by Gasteiger charge is 1.96. The number of hydrogen-bond acceptors (Lipinski definition) is 5. The van der Waals surface area contributed by atoms with Crippen LogP contribution in [-0.4, -0.2) is 75.6 Å². The van der Waals surface area contributed by atoms with Crippen molar-refractivity contribution in [1.82, 2.24) is 4.90 Å². The third kappa shape index (κ3) is 12.9. The lowest BCUT2D eigenvalue weighted by Crippen LogP contribution is -2.22. The molecule has 0 rings (SSSR count). The highest BCUT2D eigenvalue weighted by molar-refractivity contribution is 5.66. The normalized spacial score (nSPS) is 10.3. The quantitative estimate of drug-likeness (QED) is 0.359. The van der Waals surface area contributed by atoms with Crippen molar-refractivity contribution in [2.75, 3.05) is 53.2 Å². The predicted molar refractivity (Wildman–Crippen MR) is 63.4 cm³/mol. The molecule has 0 aromatic carbocycles. The van der Waals surface area contributed by atoms with Crippen molar-refractivity contribution in [2.45, 2.75) is 6.42 Å². The number of ether oxygens (including phenoxy) is 3. The predicted octanol–water partition coefficient (Wildman–Crippen LogP) is -0.401. The lowest BCUT2D eigenvalue weighted by atomic mass is 10.5. The van der Waals surface area contributed by atoms with Crippen LogP contribution in [-0.2, 0) is 23.8 Å². The smallest absolute Gasteiger partial charge is 0.305 e. The Morgan fingerprint density at radius 1 is 1.06 bits per heavy atom. The molecule has 0 bridgehead atoms. The SMILES string of the molecule is CN(C=O)CCOCCOCCOCCC(=O)O. The fraction of sp³-hybridized carbons (Fsp3) is 0.818. The van der Waals surface area contributed by atoms with Crippen LogP contribution in [0.5, 0.6) is 0 Å². The average molecular weight is 263 g/mol. The van der Waals surface area contributed by atoms with Crippen molar-refractivity contribution >= 4 is 12.4 Å². The molecule has 0 aromatic heterocycles. The fourth-order valence-electron chi connectivity index (χ4n) is 0.963. The van der Waals surface area contributed by atoms with E-state index in [0.29, 0.717) is 39.6 Å². The van der Waals surface area contributed by atoms with Crippen LogP contribution in [0.25, 0.3) is 0 Å². The standard InChI is InChI=1S/C11H21NO6/c1-12(10-13)3-5-17-7-9-18-8-6-16-4-2-11(14)15/h10H,2-9H2,1H3,(H,14,15). The monoisotopic (exact) mass is 263 g/mol. The van der Waals surface area contributed by atoms with Gasteiger partial charge in [0.1, 0.15) is 0 Å². The third-order valence-electron chi connectivity index (χ3n) is 1.97. The molecule has 0 spiro atoms. The first-order valence-corrected chi connectivity index (χ1v) is 5.77. The third-order valence-corrected chi connectivity index (χ3v) is 1.97. The van der Waals surface area contributed by atoms with Crippen LogP contribution >= 0.6 is 0 Å². The number of likely N-dealkylation sites (N-methyl/N-ethyl adjacent to an activating group) is 1. The Morgan fingerprint density at radius 2 is 1.56 bits per heavy atom. The number of carbonyl (C=O) groups excluding carboxylic acids is 1. The number of aliphatic carboxylic acids is 1. The maximum Gasteiger partial charge on any atom is 0.305 e. The summed E-state index contributed by atoms with van der Waals surface area (Å²) in [6.07, 6.45) is 0.752. The van der Waals surface area contributed by atoms with Crippen LogP contribution in [0.1, 0.15) is 6.42 Å². The van der Waals surface area contributed by atoms with Crippen LogP contribution in [0.3, 0.4) is 0 Å². The molecule has 0 aliphatic rings. The molecular formula is C11H21NO6. The van der Waals surface area contributed by atoms with Gasteiger partial charge >= 0.3 is 5.97 Å². The van der Waals surface area contributed by atoms with Crippen molar-refractivity contribution in [3.05, 3.63) is 0 Å². The topological polar surface area (TPSA) is 85.3 Å². The van der Waals surface area contributed by atoms with Gasteiger partial charge in [-0.1, -0.05) is 0 Å². The molecule has 0 unspecified atom stereocenters. The maximum absolute atomic E-state index is 10.2. The number of amides is 1. The molecule has 106 valence electrons. The summed E-state index contributed by atoms with van der Waals surface area (Å²) in [5, 5.41) is 8.34. The zero-order chi connectivity index (χ0) is 13.6. The second kappa shape index (κ2) is 12.3. The Kier molecular flexibility index (Phi) is 11.5. The zero-order valence-electron chi connectivity index (χ0n) is 10.7. The van der Waals surface area contributed by atoms with Gasteiger partial charge in [-0.05, 0) is 0 Å². The minimum absolute atomic E-state index is 0.00730. The second-order valence-electron chi connectivity index (χ2n) is 3.57. The van der Waals surface area contributed by atoms with E-state index >= 15 is 0 Å². The Labute approximate surface area is 107 Å². The summed E-state index contributed by atoms with van der Waals surface area (Å²) in [6, 6.07) is 0. The van der Waals surface area contributed by atoms with E-state index in [1.165, 1.54) is 4.90 Å². The molecule has 0 fully saturated rings. The van der Waals surface area contributed by atoms with Crippen molar-refractivity contribution in [2.24, 2.45) is 0 Å². The molecule has 0 aliphatic carbocycles. The van der Waals surface area contributed by atoms with Gasteiger partial charge in [-0.15, -0.1) is 0 Å². The van der Waals surface area contributed by atoms with Gasteiger partial charge in [0.05, 0.1) is 46.1 Å². The first-order chi connectivity index (χ1) is 8.66. The first kappa shape index (κ1) is 16.8. The van der Waals surface area contributed by atoms with Crippen LogP contribution in [0.2, 0.25) is 0 Å². The number of hydrogen-bond donors (Lipinski definition) is 1. The van der Waals surface area contributed by atoms with E-state index in [1.807, 2.05) is 0 Å². The molecule has 0 aromatic rings. The number of carboxylic acid groups (broad SMARTS) is 1. The summed E-state index contributed by atoms with van der Waals surface area (Å²) >= 11 is 0. The molecule has 1 N–H and O–H groups in total. The van der Waals surface area contributed by atoms with Gasteiger partial charge in [-0.2, -0.15) is 0 Å². The number of carbonyl (C=O) groups is 2. The Morgan fingerprint density at radius 3 is 2.06 bits per heavy atom. The Balaban J connectivity index is 3.03. The molecule has 0 radical (unpaired) electrons. The van der Waals surface area contributed by atoms with Crippen molar-refractivity contribution in [3.63, 3.8) is 0 Å². The number of nitrogens with zero attached hydrogens (tertiary/aromatic N) is 1. The zero-order valence-corrected chi connectivity index (χ0v) is 10.7. The van der Waals surface area contributed by atoms with E-state index in [0.717, 1.165) is 6.41 Å². The van der Waals surface area contributed by atoms with E-state index in [9.17, 15) is 9.59 Å². The summed E-state index contributed by atoms with van der Waals surface area (Å²) < 4.78 is 15.4. The van der Waals surface area contributed by atoms with Gasteiger partial charge < -0.3 is 24.2 Å². The van der Waals surface area contributed by atoms with E-state index < -0.39 is 5.97 Å². The van der Waals surface area contributed by atoms with Gasteiger partial charge in [0.25, 0.3) is 0 Å². The molecule has 0 heterocycles. The lowest BCUT2D eigenvalue weighted by Gasteiger charge is -2.10. The molecule has 7 nitrogen and oxygen atoms in total. The van der Waals surface area contributed by atoms with Crippen LogP contribution < -0.4 is 0 Å².